The Kier molecular flexibility index (Phi) is 2.39. The minimum atomic E-state index is 0.749. The van der Waals surface area contributed by atoms with E-state index in [0.717, 1.165) is 23.2 Å². The maximum Gasteiger partial charge on any atom is -0.00127 e. The normalized spacial score (nSPS) is 45.2. The molecular formula is C12H23N. The first-order valence-electron chi connectivity index (χ1n) is 5.85. The van der Waals surface area contributed by atoms with Crippen LogP contribution in [-0.4, -0.2) is 13.1 Å². The Hall–Kier alpha value is -0.0400. The fourth-order valence-corrected chi connectivity index (χ4v) is 3.77. The first kappa shape index (κ1) is 9.51. The molecule has 1 heteroatoms. The summed E-state index contributed by atoms with van der Waals surface area (Å²) in [6.45, 7) is 9.72. The molecule has 1 aliphatic carbocycles. The van der Waals surface area contributed by atoms with E-state index in [4.69, 9.17) is 0 Å². The van der Waals surface area contributed by atoms with Crippen molar-refractivity contribution in [3.05, 3.63) is 0 Å². The van der Waals surface area contributed by atoms with Crippen molar-refractivity contribution in [1.29, 1.82) is 0 Å². The highest BCUT2D eigenvalue weighted by Crippen LogP contribution is 2.55. The summed E-state index contributed by atoms with van der Waals surface area (Å²) < 4.78 is 0. The summed E-state index contributed by atoms with van der Waals surface area (Å²) in [6.07, 6.45) is 4.43. The van der Waals surface area contributed by atoms with Crippen LogP contribution in [-0.2, 0) is 0 Å². The number of rotatable bonds is 1. The standard InChI is InChI=1S/C12H23N/c1-9(2)11-8-13-5-4-12(11)6-10(3)7-12/h9-11,13H,4-8H2,1-3H3. The van der Waals surface area contributed by atoms with E-state index < -0.39 is 0 Å². The molecule has 1 N–H and O–H groups in total. The van der Waals surface area contributed by atoms with Crippen LogP contribution in [0.25, 0.3) is 0 Å². The fourth-order valence-electron chi connectivity index (χ4n) is 3.77. The highest BCUT2D eigenvalue weighted by molar-refractivity contribution is 5.00. The summed E-state index contributed by atoms with van der Waals surface area (Å²) in [7, 11) is 0. The smallest absolute Gasteiger partial charge is 0.00127 e. The predicted octanol–water partition coefficient (Wildman–Crippen LogP) is 2.67. The second-order valence-electron chi connectivity index (χ2n) is 5.68. The summed E-state index contributed by atoms with van der Waals surface area (Å²) in [6, 6.07) is 0. The Bertz CT molecular complexity index is 174. The highest BCUT2D eigenvalue weighted by atomic mass is 14.9. The molecule has 1 aliphatic heterocycles. The molecule has 0 bridgehead atoms. The van der Waals surface area contributed by atoms with Crippen LogP contribution in [0.15, 0.2) is 0 Å². The molecular weight excluding hydrogens is 158 g/mol. The topological polar surface area (TPSA) is 12.0 Å². The Morgan fingerprint density at radius 1 is 1.31 bits per heavy atom. The molecule has 1 saturated heterocycles. The second-order valence-corrected chi connectivity index (χ2v) is 5.68. The molecule has 1 saturated carbocycles. The summed E-state index contributed by atoms with van der Waals surface area (Å²) in [5.41, 5.74) is 0.749. The highest BCUT2D eigenvalue weighted by Gasteiger charge is 2.49. The average molecular weight is 181 g/mol. The van der Waals surface area contributed by atoms with Gasteiger partial charge in [-0.05, 0) is 55.5 Å². The first-order valence-corrected chi connectivity index (χ1v) is 5.85. The third kappa shape index (κ3) is 1.52. The van der Waals surface area contributed by atoms with Crippen LogP contribution in [0.2, 0.25) is 0 Å². The zero-order valence-electron chi connectivity index (χ0n) is 9.27. The molecule has 1 nitrogen and oxygen atoms in total. The first-order chi connectivity index (χ1) is 6.14. The molecule has 2 fully saturated rings. The van der Waals surface area contributed by atoms with Gasteiger partial charge in [-0.25, -0.2) is 0 Å². The summed E-state index contributed by atoms with van der Waals surface area (Å²) in [5, 5.41) is 3.55. The average Bonchev–Trinajstić information content (AvgIpc) is 2.02. The van der Waals surface area contributed by atoms with E-state index in [9.17, 15) is 0 Å². The minimum Gasteiger partial charge on any atom is -0.316 e. The number of hydrogen-bond donors (Lipinski definition) is 1. The van der Waals surface area contributed by atoms with Crippen LogP contribution in [0, 0.1) is 23.2 Å². The van der Waals surface area contributed by atoms with Crippen molar-refractivity contribution in [3.8, 4) is 0 Å². The van der Waals surface area contributed by atoms with E-state index in [1.807, 2.05) is 0 Å². The van der Waals surface area contributed by atoms with E-state index >= 15 is 0 Å². The molecule has 1 unspecified atom stereocenters. The van der Waals surface area contributed by atoms with Crippen LogP contribution < -0.4 is 5.32 Å². The van der Waals surface area contributed by atoms with E-state index in [2.05, 4.69) is 26.1 Å². The predicted molar refractivity (Wildman–Crippen MR) is 56.6 cm³/mol. The van der Waals surface area contributed by atoms with Crippen molar-refractivity contribution < 1.29 is 0 Å². The van der Waals surface area contributed by atoms with Gasteiger partial charge in [0.25, 0.3) is 0 Å². The number of nitrogens with one attached hydrogen (secondary N) is 1. The monoisotopic (exact) mass is 181 g/mol. The van der Waals surface area contributed by atoms with Gasteiger partial charge in [-0.1, -0.05) is 20.8 Å². The minimum absolute atomic E-state index is 0.749. The van der Waals surface area contributed by atoms with E-state index in [1.54, 1.807) is 0 Å². The molecule has 0 aromatic carbocycles. The lowest BCUT2D eigenvalue weighted by Crippen LogP contribution is -2.53. The van der Waals surface area contributed by atoms with Gasteiger partial charge >= 0.3 is 0 Å². The lowest BCUT2D eigenvalue weighted by atomic mass is 9.52. The van der Waals surface area contributed by atoms with Crippen LogP contribution in [0.4, 0.5) is 0 Å². The zero-order valence-corrected chi connectivity index (χ0v) is 9.27. The van der Waals surface area contributed by atoms with Crippen molar-refractivity contribution in [2.24, 2.45) is 23.2 Å². The molecule has 1 heterocycles. The molecule has 13 heavy (non-hydrogen) atoms. The SMILES string of the molecule is CC1CC2(CCNCC2C(C)C)C1. The Morgan fingerprint density at radius 2 is 2.00 bits per heavy atom. The van der Waals surface area contributed by atoms with Gasteiger partial charge in [0.05, 0.1) is 0 Å². The summed E-state index contributed by atoms with van der Waals surface area (Å²) in [5.74, 6) is 2.80. The quantitative estimate of drug-likeness (QED) is 0.656. The largest absolute Gasteiger partial charge is 0.316 e. The van der Waals surface area contributed by atoms with Crippen molar-refractivity contribution in [2.75, 3.05) is 13.1 Å². The number of piperidine rings is 1. The third-order valence-corrected chi connectivity index (χ3v) is 4.27. The van der Waals surface area contributed by atoms with Gasteiger partial charge < -0.3 is 5.32 Å². The second kappa shape index (κ2) is 3.27. The van der Waals surface area contributed by atoms with Gasteiger partial charge in [0.15, 0.2) is 0 Å². The molecule has 2 rings (SSSR count). The Labute approximate surface area is 82.3 Å². The Balaban J connectivity index is 2.05. The molecule has 0 amide bonds. The maximum absolute atomic E-state index is 3.55. The lowest BCUT2D eigenvalue weighted by molar-refractivity contribution is -0.0452. The fraction of sp³-hybridized carbons (Fsp3) is 1.00. The molecule has 1 spiro atoms. The summed E-state index contributed by atoms with van der Waals surface area (Å²) >= 11 is 0. The van der Waals surface area contributed by atoms with Gasteiger partial charge in [0, 0.05) is 0 Å². The summed E-state index contributed by atoms with van der Waals surface area (Å²) in [4.78, 5) is 0. The van der Waals surface area contributed by atoms with Gasteiger partial charge in [-0.15, -0.1) is 0 Å². The molecule has 76 valence electrons. The Morgan fingerprint density at radius 3 is 2.54 bits per heavy atom. The van der Waals surface area contributed by atoms with Crippen LogP contribution >= 0.6 is 0 Å². The van der Waals surface area contributed by atoms with Crippen LogP contribution in [0.1, 0.15) is 40.0 Å². The van der Waals surface area contributed by atoms with Crippen molar-refractivity contribution in [2.45, 2.75) is 40.0 Å². The van der Waals surface area contributed by atoms with Gasteiger partial charge in [0.2, 0.25) is 0 Å². The molecule has 2 aliphatic rings. The zero-order chi connectivity index (χ0) is 9.47. The van der Waals surface area contributed by atoms with Crippen molar-refractivity contribution in [3.63, 3.8) is 0 Å². The van der Waals surface area contributed by atoms with Gasteiger partial charge in [0.1, 0.15) is 0 Å². The molecule has 1 atom stereocenters. The lowest BCUT2D eigenvalue weighted by Gasteiger charge is -2.56. The van der Waals surface area contributed by atoms with E-state index in [-0.39, 0.29) is 0 Å². The van der Waals surface area contributed by atoms with Gasteiger partial charge in [-0.3, -0.25) is 0 Å². The van der Waals surface area contributed by atoms with E-state index in [1.165, 1.54) is 32.4 Å². The van der Waals surface area contributed by atoms with Gasteiger partial charge in [-0.2, -0.15) is 0 Å². The van der Waals surface area contributed by atoms with Crippen molar-refractivity contribution in [1.82, 2.24) is 5.32 Å². The van der Waals surface area contributed by atoms with E-state index in [0.29, 0.717) is 0 Å². The van der Waals surface area contributed by atoms with Crippen LogP contribution in [0.5, 0.6) is 0 Å². The van der Waals surface area contributed by atoms with Crippen molar-refractivity contribution >= 4 is 0 Å². The maximum atomic E-state index is 3.55. The molecule has 0 aromatic rings. The third-order valence-electron chi connectivity index (χ3n) is 4.27. The molecule has 0 aromatic heterocycles. The number of hydrogen-bond acceptors (Lipinski definition) is 1. The molecule has 0 radical (unpaired) electrons. The van der Waals surface area contributed by atoms with Crippen LogP contribution in [0.3, 0.4) is 0 Å².